The molecule has 0 unspecified atom stereocenters. The third-order valence-electron chi connectivity index (χ3n) is 2.80. The molecular formula is C13H18FN3O2. The van der Waals surface area contributed by atoms with Gasteiger partial charge in [-0.25, -0.2) is 4.39 Å². The zero-order chi connectivity index (χ0) is 14.6. The van der Waals surface area contributed by atoms with Crippen LogP contribution in [0.3, 0.4) is 0 Å². The Morgan fingerprint density at radius 2 is 2.00 bits per heavy atom. The van der Waals surface area contributed by atoms with E-state index in [0.29, 0.717) is 0 Å². The third-order valence-corrected chi connectivity index (χ3v) is 2.80. The number of halogens is 1. The Labute approximate surface area is 111 Å². The smallest absolute Gasteiger partial charge is 0.251 e. The number of benzene rings is 1. The van der Waals surface area contributed by atoms with Crippen LogP contribution in [0.1, 0.15) is 24.2 Å². The van der Waals surface area contributed by atoms with E-state index >= 15 is 0 Å². The lowest BCUT2D eigenvalue weighted by molar-refractivity contribution is -0.128. The Kier molecular flexibility index (Phi) is 4.47. The number of carbonyl (C=O) groups is 2. The largest absolute Gasteiger partial charge is 0.396 e. The molecule has 1 aromatic rings. The molecule has 4 N–H and O–H groups in total. The summed E-state index contributed by atoms with van der Waals surface area (Å²) in [6.45, 7) is 3.56. The van der Waals surface area contributed by atoms with Gasteiger partial charge < -0.3 is 16.4 Å². The minimum absolute atomic E-state index is 0.0118. The van der Waals surface area contributed by atoms with E-state index in [2.05, 4.69) is 10.6 Å². The number of hydrogen-bond donors (Lipinski definition) is 3. The average Bonchev–Trinajstić information content (AvgIpc) is 2.38. The van der Waals surface area contributed by atoms with Crippen LogP contribution >= 0.6 is 0 Å². The number of nitrogen functional groups attached to an aromatic ring is 1. The molecule has 1 aromatic carbocycles. The van der Waals surface area contributed by atoms with Crippen LogP contribution in [0, 0.1) is 11.2 Å². The molecule has 5 nitrogen and oxygen atoms in total. The van der Waals surface area contributed by atoms with Gasteiger partial charge in [-0.15, -0.1) is 0 Å². The molecule has 0 radical (unpaired) electrons. The van der Waals surface area contributed by atoms with E-state index in [-0.39, 0.29) is 23.7 Å². The number of amides is 2. The topological polar surface area (TPSA) is 84.2 Å². The summed E-state index contributed by atoms with van der Waals surface area (Å²) in [5.41, 5.74) is 4.75. The Morgan fingerprint density at radius 1 is 1.37 bits per heavy atom. The zero-order valence-corrected chi connectivity index (χ0v) is 11.2. The molecule has 6 heteroatoms. The molecule has 0 saturated heterocycles. The lowest BCUT2D eigenvalue weighted by Gasteiger charge is -2.22. The van der Waals surface area contributed by atoms with Crippen LogP contribution in [0.15, 0.2) is 18.2 Å². The van der Waals surface area contributed by atoms with Gasteiger partial charge in [-0.3, -0.25) is 9.59 Å². The molecule has 0 aliphatic carbocycles. The molecule has 0 atom stereocenters. The van der Waals surface area contributed by atoms with E-state index in [1.807, 2.05) is 0 Å². The van der Waals surface area contributed by atoms with Gasteiger partial charge in [-0.05, 0) is 32.0 Å². The standard InChI is InChI=1S/C13H18FN3O2/c1-13(2,12(19)16-3)7-17-11(18)8-4-5-10(15)9(14)6-8/h4-6H,7,15H2,1-3H3,(H,16,19)(H,17,18). The van der Waals surface area contributed by atoms with E-state index < -0.39 is 17.1 Å². The predicted molar refractivity (Wildman–Crippen MR) is 71.0 cm³/mol. The molecule has 104 valence electrons. The van der Waals surface area contributed by atoms with Gasteiger partial charge in [-0.1, -0.05) is 0 Å². The average molecular weight is 267 g/mol. The second kappa shape index (κ2) is 5.69. The summed E-state index contributed by atoms with van der Waals surface area (Å²) in [6.07, 6.45) is 0. The number of carbonyl (C=O) groups excluding carboxylic acids is 2. The normalized spacial score (nSPS) is 10.9. The summed E-state index contributed by atoms with van der Waals surface area (Å²) in [6, 6.07) is 3.83. The van der Waals surface area contributed by atoms with Gasteiger partial charge in [-0.2, -0.15) is 0 Å². The molecule has 0 bridgehead atoms. The SMILES string of the molecule is CNC(=O)C(C)(C)CNC(=O)c1ccc(N)c(F)c1. The molecule has 19 heavy (non-hydrogen) atoms. The second-order valence-electron chi connectivity index (χ2n) is 4.88. The Morgan fingerprint density at radius 3 is 2.53 bits per heavy atom. The van der Waals surface area contributed by atoms with Crippen molar-refractivity contribution in [1.82, 2.24) is 10.6 Å². The van der Waals surface area contributed by atoms with Crippen molar-refractivity contribution in [3.8, 4) is 0 Å². The first-order valence-corrected chi connectivity index (χ1v) is 5.83. The number of hydrogen-bond acceptors (Lipinski definition) is 3. The minimum atomic E-state index is -0.739. The Bertz CT molecular complexity index is 501. The molecule has 0 saturated carbocycles. The fourth-order valence-corrected chi connectivity index (χ4v) is 1.49. The lowest BCUT2D eigenvalue weighted by Crippen LogP contribution is -2.43. The maximum Gasteiger partial charge on any atom is 0.251 e. The molecule has 0 aliphatic heterocycles. The second-order valence-corrected chi connectivity index (χ2v) is 4.88. The molecule has 0 fully saturated rings. The van der Waals surface area contributed by atoms with Gasteiger partial charge in [0, 0.05) is 19.2 Å². The number of nitrogens with one attached hydrogen (secondary N) is 2. The lowest BCUT2D eigenvalue weighted by atomic mass is 9.92. The van der Waals surface area contributed by atoms with Crippen LogP contribution in [-0.4, -0.2) is 25.4 Å². The van der Waals surface area contributed by atoms with Crippen molar-refractivity contribution in [2.75, 3.05) is 19.3 Å². The van der Waals surface area contributed by atoms with Crippen molar-refractivity contribution in [1.29, 1.82) is 0 Å². The number of nitrogens with two attached hydrogens (primary N) is 1. The zero-order valence-electron chi connectivity index (χ0n) is 11.2. The van der Waals surface area contributed by atoms with Gasteiger partial charge in [0.25, 0.3) is 5.91 Å². The highest BCUT2D eigenvalue weighted by molar-refractivity contribution is 5.95. The summed E-state index contributed by atoms with van der Waals surface area (Å²) in [4.78, 5) is 23.4. The van der Waals surface area contributed by atoms with Crippen molar-refractivity contribution >= 4 is 17.5 Å². The van der Waals surface area contributed by atoms with Gasteiger partial charge >= 0.3 is 0 Å². The van der Waals surface area contributed by atoms with E-state index in [9.17, 15) is 14.0 Å². The molecule has 0 heterocycles. The highest BCUT2D eigenvalue weighted by Crippen LogP contribution is 2.15. The number of anilines is 1. The highest BCUT2D eigenvalue weighted by Gasteiger charge is 2.27. The summed E-state index contributed by atoms with van der Waals surface area (Å²) in [5.74, 6) is -1.27. The Hall–Kier alpha value is -2.11. The predicted octanol–water partition coefficient (Wildman–Crippen LogP) is 0.910. The third kappa shape index (κ3) is 3.67. The van der Waals surface area contributed by atoms with Gasteiger partial charge in [0.15, 0.2) is 0 Å². The van der Waals surface area contributed by atoms with Crippen LogP contribution < -0.4 is 16.4 Å². The van der Waals surface area contributed by atoms with Crippen molar-refractivity contribution < 1.29 is 14.0 Å². The fourth-order valence-electron chi connectivity index (χ4n) is 1.49. The van der Waals surface area contributed by atoms with E-state index in [4.69, 9.17) is 5.73 Å². The van der Waals surface area contributed by atoms with Gasteiger partial charge in [0.2, 0.25) is 5.91 Å². The first kappa shape index (κ1) is 14.9. The van der Waals surface area contributed by atoms with E-state index in [1.165, 1.54) is 19.2 Å². The van der Waals surface area contributed by atoms with Crippen LogP contribution in [0.5, 0.6) is 0 Å². The first-order chi connectivity index (χ1) is 8.77. The highest BCUT2D eigenvalue weighted by atomic mass is 19.1. The summed E-state index contributed by atoms with van der Waals surface area (Å²) in [5, 5.41) is 5.11. The van der Waals surface area contributed by atoms with Crippen molar-refractivity contribution in [2.45, 2.75) is 13.8 Å². The summed E-state index contributed by atoms with van der Waals surface area (Å²) >= 11 is 0. The van der Waals surface area contributed by atoms with Gasteiger partial charge in [0.1, 0.15) is 5.82 Å². The summed E-state index contributed by atoms with van der Waals surface area (Å²) < 4.78 is 13.2. The summed E-state index contributed by atoms with van der Waals surface area (Å²) in [7, 11) is 1.53. The molecular weight excluding hydrogens is 249 g/mol. The van der Waals surface area contributed by atoms with Gasteiger partial charge in [0.05, 0.1) is 11.1 Å². The monoisotopic (exact) mass is 267 g/mol. The van der Waals surface area contributed by atoms with E-state index in [1.54, 1.807) is 13.8 Å². The molecule has 0 spiro atoms. The quantitative estimate of drug-likeness (QED) is 0.709. The van der Waals surface area contributed by atoms with Crippen LogP contribution in [0.4, 0.5) is 10.1 Å². The van der Waals surface area contributed by atoms with E-state index in [0.717, 1.165) is 6.07 Å². The van der Waals surface area contributed by atoms with Crippen molar-refractivity contribution in [3.63, 3.8) is 0 Å². The molecule has 0 aliphatic rings. The van der Waals surface area contributed by atoms with Crippen molar-refractivity contribution in [3.05, 3.63) is 29.6 Å². The fraction of sp³-hybridized carbons (Fsp3) is 0.385. The van der Waals surface area contributed by atoms with Crippen LogP contribution in [0.2, 0.25) is 0 Å². The number of rotatable bonds is 4. The molecule has 1 rings (SSSR count). The first-order valence-electron chi connectivity index (χ1n) is 5.83. The molecule has 2 amide bonds. The maximum absolute atomic E-state index is 13.2. The minimum Gasteiger partial charge on any atom is -0.396 e. The van der Waals surface area contributed by atoms with Crippen LogP contribution in [0.25, 0.3) is 0 Å². The molecule has 0 aromatic heterocycles. The Balaban J connectivity index is 2.70. The van der Waals surface area contributed by atoms with Crippen LogP contribution in [-0.2, 0) is 4.79 Å². The van der Waals surface area contributed by atoms with Crippen molar-refractivity contribution in [2.24, 2.45) is 5.41 Å². The maximum atomic E-state index is 13.2.